The Balaban J connectivity index is 2.02. The van der Waals surface area contributed by atoms with Gasteiger partial charge in [0.15, 0.2) is 0 Å². The van der Waals surface area contributed by atoms with E-state index in [-0.39, 0.29) is 11.4 Å². The molecule has 0 unspecified atom stereocenters. The van der Waals surface area contributed by atoms with Crippen molar-refractivity contribution in [2.45, 2.75) is 11.3 Å². The van der Waals surface area contributed by atoms with E-state index >= 15 is 0 Å². The number of nitrogens with two attached hydrogens (primary N) is 1. The van der Waals surface area contributed by atoms with Crippen molar-refractivity contribution in [2.24, 2.45) is 0 Å². The number of hydrogen-bond acceptors (Lipinski definition) is 4. The van der Waals surface area contributed by atoms with Crippen LogP contribution in [0.1, 0.15) is 5.69 Å². The molecule has 1 aromatic heterocycles. The summed E-state index contributed by atoms with van der Waals surface area (Å²) < 4.78 is 27.4. The van der Waals surface area contributed by atoms with E-state index in [1.54, 1.807) is 12.3 Å². The first-order valence-electron chi connectivity index (χ1n) is 5.93. The van der Waals surface area contributed by atoms with E-state index in [2.05, 4.69) is 25.6 Å². The number of aromatic nitrogens is 1. The summed E-state index contributed by atoms with van der Waals surface area (Å²) in [6, 6.07) is 10.1. The number of rotatable bonds is 5. The normalized spacial score (nSPS) is 11.4. The molecule has 0 atom stereocenters. The van der Waals surface area contributed by atoms with Crippen LogP contribution in [0.2, 0.25) is 0 Å². The fourth-order valence-corrected chi connectivity index (χ4v) is 2.95. The lowest BCUT2D eigenvalue weighted by molar-refractivity contribution is 0.581. The standard InChI is InChI=1S/C13H14BrN3O2S/c14-12-5-4-11(9-13(12)15)20(18,19)17-8-6-10-3-1-2-7-16-10/h1-5,7,9,17H,6,8,15H2. The summed E-state index contributed by atoms with van der Waals surface area (Å²) in [4.78, 5) is 4.29. The van der Waals surface area contributed by atoms with Crippen LogP contribution < -0.4 is 10.5 Å². The molecule has 5 nitrogen and oxygen atoms in total. The molecule has 0 bridgehead atoms. The summed E-state index contributed by atoms with van der Waals surface area (Å²) >= 11 is 3.23. The molecule has 0 saturated heterocycles. The van der Waals surface area contributed by atoms with Gasteiger partial charge in [0.1, 0.15) is 0 Å². The number of anilines is 1. The van der Waals surface area contributed by atoms with Crippen LogP contribution in [0, 0.1) is 0 Å². The van der Waals surface area contributed by atoms with Gasteiger partial charge in [0.2, 0.25) is 10.0 Å². The van der Waals surface area contributed by atoms with Crippen molar-refractivity contribution in [1.29, 1.82) is 0 Å². The highest BCUT2D eigenvalue weighted by molar-refractivity contribution is 9.10. The maximum absolute atomic E-state index is 12.1. The smallest absolute Gasteiger partial charge is 0.240 e. The minimum Gasteiger partial charge on any atom is -0.398 e. The molecule has 0 saturated carbocycles. The Bertz CT molecular complexity index is 690. The lowest BCUT2D eigenvalue weighted by atomic mass is 10.3. The zero-order valence-corrected chi connectivity index (χ0v) is 13.0. The first kappa shape index (κ1) is 15.0. The molecule has 7 heteroatoms. The lowest BCUT2D eigenvalue weighted by Gasteiger charge is -2.08. The number of pyridine rings is 1. The summed E-state index contributed by atoms with van der Waals surface area (Å²) in [5, 5.41) is 0. The van der Waals surface area contributed by atoms with Crippen LogP contribution in [0.5, 0.6) is 0 Å². The van der Waals surface area contributed by atoms with Crippen LogP contribution >= 0.6 is 15.9 Å². The fraction of sp³-hybridized carbons (Fsp3) is 0.154. The quantitative estimate of drug-likeness (QED) is 0.802. The zero-order chi connectivity index (χ0) is 14.6. The highest BCUT2D eigenvalue weighted by atomic mass is 79.9. The van der Waals surface area contributed by atoms with E-state index < -0.39 is 10.0 Å². The molecule has 0 radical (unpaired) electrons. The second-order valence-corrected chi connectivity index (χ2v) is 6.77. The zero-order valence-electron chi connectivity index (χ0n) is 10.6. The average Bonchev–Trinajstić information content (AvgIpc) is 2.43. The van der Waals surface area contributed by atoms with Gasteiger partial charge >= 0.3 is 0 Å². The SMILES string of the molecule is Nc1cc(S(=O)(=O)NCCc2ccccn2)ccc1Br. The van der Waals surface area contributed by atoms with Gasteiger partial charge in [0, 0.05) is 35.0 Å². The van der Waals surface area contributed by atoms with Gasteiger partial charge in [-0.2, -0.15) is 0 Å². The second kappa shape index (κ2) is 6.34. The van der Waals surface area contributed by atoms with Crippen molar-refractivity contribution >= 4 is 31.6 Å². The maximum Gasteiger partial charge on any atom is 0.240 e. The van der Waals surface area contributed by atoms with E-state index in [1.165, 1.54) is 12.1 Å². The summed E-state index contributed by atoms with van der Waals surface area (Å²) in [6.45, 7) is 0.287. The van der Waals surface area contributed by atoms with Crippen LogP contribution in [-0.4, -0.2) is 19.9 Å². The largest absolute Gasteiger partial charge is 0.398 e. The molecule has 1 heterocycles. The molecule has 1 aromatic carbocycles. The Morgan fingerprint density at radius 3 is 2.70 bits per heavy atom. The number of halogens is 1. The highest BCUT2D eigenvalue weighted by Gasteiger charge is 2.14. The Morgan fingerprint density at radius 1 is 1.25 bits per heavy atom. The van der Waals surface area contributed by atoms with Crippen molar-refractivity contribution < 1.29 is 8.42 Å². The highest BCUT2D eigenvalue weighted by Crippen LogP contribution is 2.22. The molecule has 20 heavy (non-hydrogen) atoms. The maximum atomic E-state index is 12.1. The van der Waals surface area contributed by atoms with E-state index in [1.807, 2.05) is 18.2 Å². The van der Waals surface area contributed by atoms with Crippen LogP contribution in [0.25, 0.3) is 0 Å². The van der Waals surface area contributed by atoms with Crippen molar-refractivity contribution in [3.05, 3.63) is 52.8 Å². The summed E-state index contributed by atoms with van der Waals surface area (Å²) in [6.07, 6.45) is 2.21. The number of benzene rings is 1. The average molecular weight is 356 g/mol. The third kappa shape index (κ3) is 3.78. The molecule has 0 aliphatic carbocycles. The Kier molecular flexibility index (Phi) is 4.74. The van der Waals surface area contributed by atoms with Crippen molar-refractivity contribution in [2.75, 3.05) is 12.3 Å². The van der Waals surface area contributed by atoms with Gasteiger partial charge in [-0.3, -0.25) is 4.98 Å². The van der Waals surface area contributed by atoms with Crippen molar-refractivity contribution in [3.63, 3.8) is 0 Å². The Labute approximate surface area is 126 Å². The molecule has 0 spiro atoms. The lowest BCUT2D eigenvalue weighted by Crippen LogP contribution is -2.26. The van der Waals surface area contributed by atoms with Crippen LogP contribution in [-0.2, 0) is 16.4 Å². The van der Waals surface area contributed by atoms with Gasteiger partial charge in [0.05, 0.1) is 4.90 Å². The van der Waals surface area contributed by atoms with Gasteiger partial charge < -0.3 is 5.73 Å². The topological polar surface area (TPSA) is 85.1 Å². The number of sulfonamides is 1. The summed E-state index contributed by atoms with van der Waals surface area (Å²) in [5.41, 5.74) is 6.91. The minimum absolute atomic E-state index is 0.152. The summed E-state index contributed by atoms with van der Waals surface area (Å²) in [7, 11) is -3.55. The van der Waals surface area contributed by atoms with E-state index in [0.717, 1.165) is 5.69 Å². The van der Waals surface area contributed by atoms with Crippen molar-refractivity contribution in [3.8, 4) is 0 Å². The van der Waals surface area contributed by atoms with E-state index in [4.69, 9.17) is 5.73 Å². The molecular formula is C13H14BrN3O2S. The van der Waals surface area contributed by atoms with Gasteiger partial charge in [0.25, 0.3) is 0 Å². The predicted molar refractivity (Wildman–Crippen MR) is 81.7 cm³/mol. The second-order valence-electron chi connectivity index (χ2n) is 4.15. The first-order valence-corrected chi connectivity index (χ1v) is 8.21. The molecule has 2 aromatic rings. The Hall–Kier alpha value is -1.44. The van der Waals surface area contributed by atoms with Gasteiger partial charge in [-0.15, -0.1) is 0 Å². The third-order valence-electron chi connectivity index (χ3n) is 2.68. The van der Waals surface area contributed by atoms with E-state index in [0.29, 0.717) is 16.6 Å². The van der Waals surface area contributed by atoms with Crippen LogP contribution in [0.15, 0.2) is 52.0 Å². The van der Waals surface area contributed by atoms with E-state index in [9.17, 15) is 8.42 Å². The fourth-order valence-electron chi connectivity index (χ4n) is 1.63. The summed E-state index contributed by atoms with van der Waals surface area (Å²) in [5.74, 6) is 0. The molecule has 0 aliphatic heterocycles. The molecule has 0 aliphatic rings. The predicted octanol–water partition coefficient (Wildman–Crippen LogP) is 1.95. The molecule has 106 valence electrons. The van der Waals surface area contributed by atoms with Gasteiger partial charge in [-0.25, -0.2) is 13.1 Å². The third-order valence-corrected chi connectivity index (χ3v) is 4.86. The first-order chi connectivity index (χ1) is 9.49. The number of nitrogens with one attached hydrogen (secondary N) is 1. The number of nitrogens with zero attached hydrogens (tertiary/aromatic N) is 1. The molecule has 2 rings (SSSR count). The Morgan fingerprint density at radius 2 is 2.05 bits per heavy atom. The molecule has 0 amide bonds. The molecule has 0 fully saturated rings. The van der Waals surface area contributed by atoms with Crippen LogP contribution in [0.4, 0.5) is 5.69 Å². The molecular weight excluding hydrogens is 342 g/mol. The molecule has 3 N–H and O–H groups in total. The number of hydrogen-bond donors (Lipinski definition) is 2. The van der Waals surface area contributed by atoms with Gasteiger partial charge in [-0.05, 0) is 46.3 Å². The monoisotopic (exact) mass is 355 g/mol. The van der Waals surface area contributed by atoms with Crippen molar-refractivity contribution in [1.82, 2.24) is 9.71 Å². The number of nitrogen functional groups attached to an aromatic ring is 1. The van der Waals surface area contributed by atoms with Gasteiger partial charge in [-0.1, -0.05) is 6.07 Å². The minimum atomic E-state index is -3.55. The van der Waals surface area contributed by atoms with Crippen LogP contribution in [0.3, 0.4) is 0 Å².